The summed E-state index contributed by atoms with van der Waals surface area (Å²) in [6, 6.07) is 0. The highest BCUT2D eigenvalue weighted by Crippen LogP contribution is 2.34. The van der Waals surface area contributed by atoms with Crippen molar-refractivity contribution in [3.8, 4) is 0 Å². The van der Waals surface area contributed by atoms with Gasteiger partial charge in [0.25, 0.3) is 0 Å². The molecular formula is C13H26O2. The molecule has 1 rings (SSSR count). The molecule has 0 aromatic carbocycles. The van der Waals surface area contributed by atoms with Gasteiger partial charge in [-0.3, -0.25) is 0 Å². The molecule has 0 aliphatic heterocycles. The highest BCUT2D eigenvalue weighted by atomic mass is 16.5. The maximum Gasteiger partial charge on any atom is 0.0652 e. The first-order chi connectivity index (χ1) is 7.20. The lowest BCUT2D eigenvalue weighted by Gasteiger charge is -2.32. The maximum atomic E-state index is 5.73. The summed E-state index contributed by atoms with van der Waals surface area (Å²) >= 11 is 0. The standard InChI is InChI=1S/C13H26O2/c1-10(2)12(9-14-3)13(15-4)11-7-5-6-8-11/h10-13H,5-9H2,1-4H3. The third-order valence-corrected chi connectivity index (χ3v) is 3.77. The molecule has 1 aliphatic carbocycles. The predicted molar refractivity (Wildman–Crippen MR) is 63.0 cm³/mol. The Morgan fingerprint density at radius 1 is 1.13 bits per heavy atom. The van der Waals surface area contributed by atoms with Crippen molar-refractivity contribution in [2.45, 2.75) is 45.6 Å². The monoisotopic (exact) mass is 214 g/mol. The van der Waals surface area contributed by atoms with E-state index in [2.05, 4.69) is 13.8 Å². The number of methoxy groups -OCH3 is 2. The minimum atomic E-state index is 0.396. The van der Waals surface area contributed by atoms with E-state index in [1.807, 2.05) is 7.11 Å². The van der Waals surface area contributed by atoms with Crippen LogP contribution in [0.1, 0.15) is 39.5 Å². The first-order valence-electron chi connectivity index (χ1n) is 6.22. The van der Waals surface area contributed by atoms with Gasteiger partial charge in [0.05, 0.1) is 12.7 Å². The van der Waals surface area contributed by atoms with Crippen molar-refractivity contribution >= 4 is 0 Å². The number of ether oxygens (including phenoxy) is 2. The van der Waals surface area contributed by atoms with E-state index >= 15 is 0 Å². The summed E-state index contributed by atoms with van der Waals surface area (Å²) in [5.41, 5.74) is 0. The second-order valence-corrected chi connectivity index (χ2v) is 5.11. The Hall–Kier alpha value is -0.0800. The maximum absolute atomic E-state index is 5.73. The second-order valence-electron chi connectivity index (χ2n) is 5.11. The molecule has 1 fully saturated rings. The summed E-state index contributed by atoms with van der Waals surface area (Å²) in [5.74, 6) is 1.94. The van der Waals surface area contributed by atoms with E-state index in [1.54, 1.807) is 7.11 Å². The van der Waals surface area contributed by atoms with Crippen LogP contribution in [0.2, 0.25) is 0 Å². The SMILES string of the molecule is COCC(C(C)C)C(OC)C1CCCC1. The van der Waals surface area contributed by atoms with Crippen LogP contribution in [0.4, 0.5) is 0 Å². The Morgan fingerprint density at radius 2 is 1.73 bits per heavy atom. The zero-order chi connectivity index (χ0) is 11.3. The molecule has 1 aliphatic rings. The summed E-state index contributed by atoms with van der Waals surface area (Å²) < 4.78 is 11.1. The Morgan fingerprint density at radius 3 is 2.13 bits per heavy atom. The molecule has 0 radical (unpaired) electrons. The van der Waals surface area contributed by atoms with Crippen LogP contribution in [0.25, 0.3) is 0 Å². The molecule has 0 heterocycles. The summed E-state index contributed by atoms with van der Waals surface area (Å²) in [4.78, 5) is 0. The van der Waals surface area contributed by atoms with Crippen LogP contribution in [-0.4, -0.2) is 26.9 Å². The summed E-state index contributed by atoms with van der Waals surface area (Å²) in [5, 5.41) is 0. The van der Waals surface area contributed by atoms with Gasteiger partial charge in [0.15, 0.2) is 0 Å². The molecule has 0 spiro atoms. The zero-order valence-corrected chi connectivity index (χ0v) is 10.7. The minimum absolute atomic E-state index is 0.396. The van der Waals surface area contributed by atoms with Crippen LogP contribution in [0.3, 0.4) is 0 Å². The molecule has 0 bridgehead atoms. The van der Waals surface area contributed by atoms with Crippen molar-refractivity contribution in [2.75, 3.05) is 20.8 Å². The Kier molecular flexibility index (Phi) is 5.62. The topological polar surface area (TPSA) is 18.5 Å². The van der Waals surface area contributed by atoms with Crippen molar-refractivity contribution in [3.05, 3.63) is 0 Å². The molecule has 2 unspecified atom stereocenters. The van der Waals surface area contributed by atoms with E-state index < -0.39 is 0 Å². The van der Waals surface area contributed by atoms with Crippen LogP contribution in [0.15, 0.2) is 0 Å². The fourth-order valence-corrected chi connectivity index (χ4v) is 2.86. The average molecular weight is 214 g/mol. The highest BCUT2D eigenvalue weighted by molar-refractivity contribution is 4.82. The van der Waals surface area contributed by atoms with Gasteiger partial charge in [0.1, 0.15) is 0 Å². The van der Waals surface area contributed by atoms with Gasteiger partial charge in [0, 0.05) is 20.1 Å². The van der Waals surface area contributed by atoms with Gasteiger partial charge in [-0.05, 0) is 24.7 Å². The lowest BCUT2D eigenvalue weighted by Crippen LogP contribution is -2.36. The van der Waals surface area contributed by atoms with Crippen molar-refractivity contribution in [3.63, 3.8) is 0 Å². The molecular weight excluding hydrogens is 188 g/mol. The zero-order valence-electron chi connectivity index (χ0n) is 10.7. The molecule has 2 atom stereocenters. The van der Waals surface area contributed by atoms with E-state index in [-0.39, 0.29) is 0 Å². The lowest BCUT2D eigenvalue weighted by molar-refractivity contribution is -0.0370. The van der Waals surface area contributed by atoms with Crippen molar-refractivity contribution in [1.29, 1.82) is 0 Å². The van der Waals surface area contributed by atoms with Crippen molar-refractivity contribution in [2.24, 2.45) is 17.8 Å². The third-order valence-electron chi connectivity index (χ3n) is 3.77. The molecule has 0 amide bonds. The summed E-state index contributed by atoms with van der Waals surface area (Å²) in [7, 11) is 3.64. The molecule has 2 heteroatoms. The molecule has 0 aromatic heterocycles. The van der Waals surface area contributed by atoms with Crippen LogP contribution in [0, 0.1) is 17.8 Å². The summed E-state index contributed by atoms with van der Waals surface area (Å²) in [6.07, 6.45) is 5.83. The number of hydrogen-bond acceptors (Lipinski definition) is 2. The minimum Gasteiger partial charge on any atom is -0.384 e. The lowest BCUT2D eigenvalue weighted by atomic mass is 9.83. The molecule has 0 aromatic rings. The van der Waals surface area contributed by atoms with Crippen molar-refractivity contribution in [1.82, 2.24) is 0 Å². The molecule has 15 heavy (non-hydrogen) atoms. The summed E-state index contributed by atoms with van der Waals surface area (Å²) in [6.45, 7) is 5.36. The first kappa shape index (κ1) is 13.0. The molecule has 90 valence electrons. The number of rotatable bonds is 6. The van der Waals surface area contributed by atoms with Crippen LogP contribution in [0.5, 0.6) is 0 Å². The molecule has 0 saturated heterocycles. The molecule has 2 nitrogen and oxygen atoms in total. The van der Waals surface area contributed by atoms with E-state index in [1.165, 1.54) is 25.7 Å². The predicted octanol–water partition coefficient (Wildman–Crippen LogP) is 3.11. The highest BCUT2D eigenvalue weighted by Gasteiger charge is 2.33. The fourth-order valence-electron chi connectivity index (χ4n) is 2.86. The Bertz CT molecular complexity index is 162. The van der Waals surface area contributed by atoms with E-state index in [0.717, 1.165) is 12.5 Å². The first-order valence-corrected chi connectivity index (χ1v) is 6.22. The van der Waals surface area contributed by atoms with E-state index in [0.29, 0.717) is 17.9 Å². The van der Waals surface area contributed by atoms with Gasteiger partial charge in [0.2, 0.25) is 0 Å². The Balaban J connectivity index is 2.59. The quantitative estimate of drug-likeness (QED) is 0.676. The smallest absolute Gasteiger partial charge is 0.0652 e. The van der Waals surface area contributed by atoms with Crippen LogP contribution < -0.4 is 0 Å². The Labute approximate surface area is 94.3 Å². The fraction of sp³-hybridized carbons (Fsp3) is 1.00. The second kappa shape index (κ2) is 6.49. The van der Waals surface area contributed by atoms with Gasteiger partial charge >= 0.3 is 0 Å². The van der Waals surface area contributed by atoms with Gasteiger partial charge < -0.3 is 9.47 Å². The largest absolute Gasteiger partial charge is 0.384 e. The normalized spacial score (nSPS) is 22.2. The van der Waals surface area contributed by atoms with Gasteiger partial charge in [-0.15, -0.1) is 0 Å². The van der Waals surface area contributed by atoms with Crippen LogP contribution in [-0.2, 0) is 9.47 Å². The number of hydrogen-bond donors (Lipinski definition) is 0. The van der Waals surface area contributed by atoms with Gasteiger partial charge in [-0.2, -0.15) is 0 Å². The van der Waals surface area contributed by atoms with Crippen molar-refractivity contribution < 1.29 is 9.47 Å². The van der Waals surface area contributed by atoms with E-state index in [9.17, 15) is 0 Å². The van der Waals surface area contributed by atoms with Gasteiger partial charge in [-0.25, -0.2) is 0 Å². The van der Waals surface area contributed by atoms with Crippen LogP contribution >= 0.6 is 0 Å². The average Bonchev–Trinajstić information content (AvgIpc) is 2.71. The molecule has 1 saturated carbocycles. The third kappa shape index (κ3) is 3.46. The molecule has 0 N–H and O–H groups in total. The van der Waals surface area contributed by atoms with E-state index in [4.69, 9.17) is 9.47 Å². The van der Waals surface area contributed by atoms with Gasteiger partial charge in [-0.1, -0.05) is 26.7 Å².